The van der Waals surface area contributed by atoms with Gasteiger partial charge in [-0.05, 0) is 43.2 Å². The molecule has 2 aromatic carbocycles. The number of benzene rings is 2. The SMILES string of the molecule is COc1ccc(Cl)cc1-n1c(SCc2cc(C)ccc2C)nnc1-c1cc2occc2n1C. The molecule has 3 heterocycles. The van der Waals surface area contributed by atoms with Gasteiger partial charge in [0, 0.05) is 30.0 Å². The molecule has 0 saturated heterocycles. The lowest BCUT2D eigenvalue weighted by molar-refractivity contribution is 0.412. The molecule has 0 aliphatic rings. The molecular weight excluding hydrogens is 456 g/mol. The lowest BCUT2D eigenvalue weighted by Gasteiger charge is -2.15. The van der Waals surface area contributed by atoms with Crippen LogP contribution in [0, 0.1) is 13.8 Å². The molecule has 0 aliphatic carbocycles. The van der Waals surface area contributed by atoms with Gasteiger partial charge in [0.1, 0.15) is 5.75 Å². The van der Waals surface area contributed by atoms with Gasteiger partial charge in [0.2, 0.25) is 0 Å². The first-order valence-electron chi connectivity index (χ1n) is 10.5. The highest BCUT2D eigenvalue weighted by Crippen LogP contribution is 2.37. The molecule has 5 rings (SSSR count). The van der Waals surface area contributed by atoms with Crippen LogP contribution < -0.4 is 4.74 Å². The second-order valence-electron chi connectivity index (χ2n) is 7.94. The number of thioether (sulfide) groups is 1. The van der Waals surface area contributed by atoms with Crippen molar-refractivity contribution in [1.82, 2.24) is 19.3 Å². The van der Waals surface area contributed by atoms with Crippen molar-refractivity contribution in [2.24, 2.45) is 7.05 Å². The summed E-state index contributed by atoms with van der Waals surface area (Å²) in [5.41, 5.74) is 7.21. The van der Waals surface area contributed by atoms with Crippen LogP contribution in [0.3, 0.4) is 0 Å². The van der Waals surface area contributed by atoms with E-state index in [4.69, 9.17) is 20.8 Å². The van der Waals surface area contributed by atoms with Crippen LogP contribution >= 0.6 is 23.4 Å². The zero-order valence-corrected chi connectivity index (χ0v) is 20.4. The Morgan fingerprint density at radius 2 is 1.91 bits per heavy atom. The van der Waals surface area contributed by atoms with Crippen molar-refractivity contribution in [1.29, 1.82) is 0 Å². The molecule has 5 aromatic rings. The van der Waals surface area contributed by atoms with Gasteiger partial charge in [0.05, 0.1) is 30.3 Å². The number of methoxy groups -OCH3 is 1. The number of nitrogens with zero attached hydrogens (tertiary/aromatic N) is 4. The molecule has 0 spiro atoms. The first kappa shape index (κ1) is 21.7. The van der Waals surface area contributed by atoms with E-state index in [1.807, 2.05) is 41.9 Å². The van der Waals surface area contributed by atoms with Gasteiger partial charge in [-0.15, -0.1) is 10.2 Å². The van der Waals surface area contributed by atoms with E-state index in [0.717, 1.165) is 33.4 Å². The molecule has 168 valence electrons. The minimum absolute atomic E-state index is 0.608. The van der Waals surface area contributed by atoms with Crippen LogP contribution in [0.15, 0.2) is 64.4 Å². The summed E-state index contributed by atoms with van der Waals surface area (Å²) in [4.78, 5) is 0. The number of hydrogen-bond donors (Lipinski definition) is 0. The van der Waals surface area contributed by atoms with Crippen molar-refractivity contribution < 1.29 is 9.15 Å². The van der Waals surface area contributed by atoms with E-state index in [-0.39, 0.29) is 0 Å². The van der Waals surface area contributed by atoms with Gasteiger partial charge in [-0.25, -0.2) is 0 Å². The predicted molar refractivity (Wildman–Crippen MR) is 133 cm³/mol. The molecular formula is C25H23ClN4O2S. The number of fused-ring (bicyclic) bond motifs is 1. The van der Waals surface area contributed by atoms with Gasteiger partial charge < -0.3 is 13.7 Å². The Balaban J connectivity index is 1.65. The summed E-state index contributed by atoms with van der Waals surface area (Å²) in [5, 5.41) is 10.5. The van der Waals surface area contributed by atoms with E-state index in [2.05, 4.69) is 46.8 Å². The Bertz CT molecular complexity index is 1470. The van der Waals surface area contributed by atoms with Crippen molar-refractivity contribution in [2.45, 2.75) is 24.8 Å². The molecule has 0 saturated carbocycles. The van der Waals surface area contributed by atoms with Crippen molar-refractivity contribution in [2.75, 3.05) is 7.11 Å². The van der Waals surface area contributed by atoms with Gasteiger partial charge in [-0.2, -0.15) is 0 Å². The topological polar surface area (TPSA) is 58.0 Å². The molecule has 0 fully saturated rings. The maximum atomic E-state index is 6.39. The molecule has 0 aliphatic heterocycles. The van der Waals surface area contributed by atoms with E-state index in [1.165, 1.54) is 16.7 Å². The van der Waals surface area contributed by atoms with Crippen LogP contribution in [0.2, 0.25) is 5.02 Å². The van der Waals surface area contributed by atoms with Crippen LogP contribution in [0.5, 0.6) is 5.75 Å². The summed E-state index contributed by atoms with van der Waals surface area (Å²) in [6.07, 6.45) is 1.69. The number of rotatable bonds is 6. The molecule has 0 unspecified atom stereocenters. The highest BCUT2D eigenvalue weighted by atomic mass is 35.5. The van der Waals surface area contributed by atoms with Crippen LogP contribution in [0.25, 0.3) is 28.3 Å². The highest BCUT2D eigenvalue weighted by molar-refractivity contribution is 7.98. The third-order valence-electron chi connectivity index (χ3n) is 5.77. The summed E-state index contributed by atoms with van der Waals surface area (Å²) in [6.45, 7) is 4.24. The quantitative estimate of drug-likeness (QED) is 0.258. The van der Waals surface area contributed by atoms with E-state index >= 15 is 0 Å². The summed E-state index contributed by atoms with van der Waals surface area (Å²) in [7, 11) is 3.64. The Morgan fingerprint density at radius 3 is 2.70 bits per heavy atom. The minimum Gasteiger partial charge on any atom is -0.495 e. The van der Waals surface area contributed by atoms with Gasteiger partial charge in [-0.1, -0.05) is 47.1 Å². The summed E-state index contributed by atoms with van der Waals surface area (Å²) in [6, 6.07) is 16.0. The average Bonchev–Trinajstić information content (AvgIpc) is 3.50. The normalized spacial score (nSPS) is 11.4. The molecule has 8 heteroatoms. The fourth-order valence-corrected chi connectivity index (χ4v) is 5.12. The highest BCUT2D eigenvalue weighted by Gasteiger charge is 2.23. The largest absolute Gasteiger partial charge is 0.495 e. The van der Waals surface area contributed by atoms with E-state index in [0.29, 0.717) is 16.6 Å². The lowest BCUT2D eigenvalue weighted by atomic mass is 10.1. The van der Waals surface area contributed by atoms with Gasteiger partial charge in [-0.3, -0.25) is 4.57 Å². The fourth-order valence-electron chi connectivity index (χ4n) is 3.95. The average molecular weight is 479 g/mol. The first-order valence-corrected chi connectivity index (χ1v) is 11.8. The van der Waals surface area contributed by atoms with Crippen LogP contribution in [-0.4, -0.2) is 26.4 Å². The smallest absolute Gasteiger partial charge is 0.196 e. The number of furan rings is 1. The lowest BCUT2D eigenvalue weighted by Crippen LogP contribution is -2.04. The van der Waals surface area contributed by atoms with Crippen LogP contribution in [-0.2, 0) is 12.8 Å². The van der Waals surface area contributed by atoms with Crippen molar-refractivity contribution in [3.8, 4) is 23.0 Å². The van der Waals surface area contributed by atoms with Crippen molar-refractivity contribution >= 4 is 34.5 Å². The summed E-state index contributed by atoms with van der Waals surface area (Å²) in [5.74, 6) is 2.14. The zero-order chi connectivity index (χ0) is 23.1. The zero-order valence-electron chi connectivity index (χ0n) is 18.8. The monoisotopic (exact) mass is 478 g/mol. The maximum absolute atomic E-state index is 6.39. The number of halogens is 1. The van der Waals surface area contributed by atoms with E-state index in [1.54, 1.807) is 25.1 Å². The Morgan fingerprint density at radius 1 is 1.06 bits per heavy atom. The van der Waals surface area contributed by atoms with E-state index in [9.17, 15) is 0 Å². The van der Waals surface area contributed by atoms with E-state index < -0.39 is 0 Å². The Kier molecular flexibility index (Phi) is 5.68. The second-order valence-corrected chi connectivity index (χ2v) is 9.31. The number of hydrogen-bond acceptors (Lipinski definition) is 5. The minimum atomic E-state index is 0.608. The number of aryl methyl sites for hydroxylation is 3. The molecule has 3 aromatic heterocycles. The standard InChI is InChI=1S/C25H23ClN4O2S/c1-15-5-6-16(2)17(11-15)14-33-25-28-27-24(21-13-23-19(29(21)3)9-10-32-23)30(25)20-12-18(26)7-8-22(20)31-4/h5-13H,14H2,1-4H3. The third kappa shape index (κ3) is 3.92. The third-order valence-corrected chi connectivity index (χ3v) is 6.98. The molecule has 6 nitrogen and oxygen atoms in total. The van der Waals surface area contributed by atoms with Crippen LogP contribution in [0.1, 0.15) is 16.7 Å². The van der Waals surface area contributed by atoms with Gasteiger partial charge >= 0.3 is 0 Å². The molecule has 0 bridgehead atoms. The molecule has 0 amide bonds. The molecule has 0 N–H and O–H groups in total. The van der Waals surface area contributed by atoms with Gasteiger partial charge in [0.25, 0.3) is 0 Å². The first-order chi connectivity index (χ1) is 16.0. The fraction of sp³-hybridized carbons (Fsp3) is 0.200. The summed E-state index contributed by atoms with van der Waals surface area (Å²) < 4.78 is 15.3. The maximum Gasteiger partial charge on any atom is 0.196 e. The Hall–Kier alpha value is -3.16. The van der Waals surface area contributed by atoms with Crippen molar-refractivity contribution in [3.05, 3.63) is 76.5 Å². The Labute approximate surface area is 201 Å². The second kappa shape index (κ2) is 8.65. The van der Waals surface area contributed by atoms with Crippen molar-refractivity contribution in [3.63, 3.8) is 0 Å². The summed E-state index contributed by atoms with van der Waals surface area (Å²) >= 11 is 8.03. The van der Waals surface area contributed by atoms with Crippen LogP contribution in [0.4, 0.5) is 0 Å². The molecule has 0 radical (unpaired) electrons. The molecule has 0 atom stereocenters. The number of ether oxygens (including phenoxy) is 1. The van der Waals surface area contributed by atoms with Gasteiger partial charge in [0.15, 0.2) is 16.6 Å². The number of aromatic nitrogens is 4. The molecule has 33 heavy (non-hydrogen) atoms. The predicted octanol–water partition coefficient (Wildman–Crippen LogP) is 6.59.